The van der Waals surface area contributed by atoms with Crippen LogP contribution in [0, 0.1) is 5.95 Å². The Morgan fingerprint density at radius 2 is 1.89 bits per heavy atom. The molecule has 1 atom stereocenters. The number of pyridine rings is 1. The summed E-state index contributed by atoms with van der Waals surface area (Å²) in [6.45, 7) is -0.450. The van der Waals surface area contributed by atoms with Gasteiger partial charge in [-0.05, 0) is 24.3 Å². The highest BCUT2D eigenvalue weighted by molar-refractivity contribution is 6.30. The summed E-state index contributed by atoms with van der Waals surface area (Å²) in [6.07, 6.45) is -3.61. The fourth-order valence-electron chi connectivity index (χ4n) is 2.36. The standard InChI is InChI=1S/C17H12ClF4N3O2/c18-10-1-3-11(4-2-10)27-16-5-13(17(20,21)22)12(6-24-16)14(26)8-25-9-23-7-15(25)19/h1-7,9,14,26H,8H2. The van der Waals surface area contributed by atoms with Gasteiger partial charge in [0.2, 0.25) is 11.8 Å². The lowest BCUT2D eigenvalue weighted by Crippen LogP contribution is -2.17. The molecule has 10 heteroatoms. The predicted molar refractivity (Wildman–Crippen MR) is 87.9 cm³/mol. The van der Waals surface area contributed by atoms with E-state index in [4.69, 9.17) is 16.3 Å². The molecule has 1 N–H and O–H groups in total. The lowest BCUT2D eigenvalue weighted by molar-refractivity contribution is -0.139. The highest BCUT2D eigenvalue weighted by atomic mass is 35.5. The summed E-state index contributed by atoms with van der Waals surface area (Å²) in [5.74, 6) is -0.846. The first-order valence-corrected chi connectivity index (χ1v) is 7.96. The van der Waals surface area contributed by atoms with E-state index in [1.807, 2.05) is 0 Å². The monoisotopic (exact) mass is 401 g/mol. The predicted octanol–water partition coefficient (Wildman–Crippen LogP) is 4.62. The van der Waals surface area contributed by atoms with E-state index in [0.717, 1.165) is 23.3 Å². The third-order valence-corrected chi connectivity index (χ3v) is 3.89. The fourth-order valence-corrected chi connectivity index (χ4v) is 2.49. The van der Waals surface area contributed by atoms with Crippen LogP contribution in [-0.4, -0.2) is 19.6 Å². The van der Waals surface area contributed by atoms with Crippen molar-refractivity contribution >= 4 is 11.6 Å². The minimum absolute atomic E-state index is 0.244. The number of alkyl halides is 3. The van der Waals surface area contributed by atoms with E-state index in [2.05, 4.69) is 9.97 Å². The molecule has 0 bridgehead atoms. The molecule has 0 amide bonds. The van der Waals surface area contributed by atoms with Crippen LogP contribution in [0.25, 0.3) is 0 Å². The zero-order chi connectivity index (χ0) is 19.6. The van der Waals surface area contributed by atoms with Crippen LogP contribution in [0.3, 0.4) is 0 Å². The van der Waals surface area contributed by atoms with E-state index in [-0.39, 0.29) is 11.6 Å². The summed E-state index contributed by atoms with van der Waals surface area (Å²) in [5, 5.41) is 10.6. The highest BCUT2D eigenvalue weighted by Crippen LogP contribution is 2.37. The van der Waals surface area contributed by atoms with Gasteiger partial charge >= 0.3 is 6.18 Å². The Morgan fingerprint density at radius 1 is 1.19 bits per heavy atom. The maximum Gasteiger partial charge on any atom is 0.417 e. The number of hydrogen-bond acceptors (Lipinski definition) is 4. The van der Waals surface area contributed by atoms with E-state index >= 15 is 0 Å². The Hall–Kier alpha value is -2.65. The maximum absolute atomic E-state index is 13.4. The van der Waals surface area contributed by atoms with Crippen molar-refractivity contribution in [2.24, 2.45) is 0 Å². The van der Waals surface area contributed by atoms with Crippen molar-refractivity contribution < 1.29 is 27.4 Å². The van der Waals surface area contributed by atoms with Crippen LogP contribution in [-0.2, 0) is 12.7 Å². The van der Waals surface area contributed by atoms with Gasteiger partial charge in [-0.15, -0.1) is 0 Å². The molecule has 0 aliphatic heterocycles. The van der Waals surface area contributed by atoms with Crippen LogP contribution in [0.2, 0.25) is 5.02 Å². The van der Waals surface area contributed by atoms with Crippen molar-refractivity contribution in [1.82, 2.24) is 14.5 Å². The minimum Gasteiger partial charge on any atom is -0.439 e. The summed E-state index contributed by atoms with van der Waals surface area (Å²) >= 11 is 5.74. The molecule has 1 unspecified atom stereocenters. The second kappa shape index (κ2) is 7.53. The number of benzene rings is 1. The Morgan fingerprint density at radius 3 is 2.48 bits per heavy atom. The molecule has 0 fully saturated rings. The quantitative estimate of drug-likeness (QED) is 0.634. The van der Waals surface area contributed by atoms with Gasteiger partial charge in [0.15, 0.2) is 0 Å². The molecule has 0 saturated carbocycles. The van der Waals surface area contributed by atoms with Gasteiger partial charge in [-0.1, -0.05) is 11.6 Å². The number of nitrogens with zero attached hydrogens (tertiary/aromatic N) is 3. The van der Waals surface area contributed by atoms with Crippen LogP contribution < -0.4 is 4.74 Å². The van der Waals surface area contributed by atoms with Crippen LogP contribution >= 0.6 is 11.6 Å². The van der Waals surface area contributed by atoms with Gasteiger partial charge < -0.3 is 14.4 Å². The van der Waals surface area contributed by atoms with Gasteiger partial charge in [0.25, 0.3) is 0 Å². The molecule has 3 rings (SSSR count). The Labute approximate surface area is 155 Å². The minimum atomic E-state index is -4.77. The van der Waals surface area contributed by atoms with Gasteiger partial charge in [-0.25, -0.2) is 9.97 Å². The second-order valence-electron chi connectivity index (χ2n) is 5.55. The first-order valence-electron chi connectivity index (χ1n) is 7.58. The molecule has 1 aromatic carbocycles. The van der Waals surface area contributed by atoms with Crippen LogP contribution in [0.1, 0.15) is 17.2 Å². The zero-order valence-corrected chi connectivity index (χ0v) is 14.2. The Kier molecular flexibility index (Phi) is 5.33. The molecule has 0 aliphatic rings. The van der Waals surface area contributed by atoms with E-state index in [9.17, 15) is 22.7 Å². The number of hydrogen-bond donors (Lipinski definition) is 1. The zero-order valence-electron chi connectivity index (χ0n) is 13.5. The number of aliphatic hydroxyl groups excluding tert-OH is 1. The summed E-state index contributed by atoms with van der Waals surface area (Å²) in [7, 11) is 0. The third kappa shape index (κ3) is 4.55. The topological polar surface area (TPSA) is 60.2 Å². The highest BCUT2D eigenvalue weighted by Gasteiger charge is 2.36. The third-order valence-electron chi connectivity index (χ3n) is 3.64. The molecule has 5 nitrogen and oxygen atoms in total. The summed E-state index contributed by atoms with van der Waals surface area (Å²) in [5.41, 5.74) is -1.63. The van der Waals surface area contributed by atoms with Gasteiger partial charge in [-0.2, -0.15) is 17.6 Å². The van der Waals surface area contributed by atoms with E-state index in [0.29, 0.717) is 11.1 Å². The van der Waals surface area contributed by atoms with Crippen molar-refractivity contribution in [3.05, 3.63) is 71.2 Å². The normalized spacial score (nSPS) is 12.8. The first-order chi connectivity index (χ1) is 12.7. The molecule has 2 heterocycles. The molecular weight excluding hydrogens is 390 g/mol. The molecule has 0 spiro atoms. The summed E-state index contributed by atoms with van der Waals surface area (Å²) in [4.78, 5) is 7.33. The largest absolute Gasteiger partial charge is 0.439 e. The summed E-state index contributed by atoms with van der Waals surface area (Å²) in [6, 6.07) is 6.65. The molecule has 3 aromatic rings. The van der Waals surface area contributed by atoms with Crippen molar-refractivity contribution in [3.63, 3.8) is 0 Å². The Balaban J connectivity index is 1.90. The molecule has 27 heavy (non-hydrogen) atoms. The number of aliphatic hydroxyl groups is 1. The van der Waals surface area contributed by atoms with Crippen molar-refractivity contribution in [1.29, 1.82) is 0 Å². The van der Waals surface area contributed by atoms with Crippen molar-refractivity contribution in [2.75, 3.05) is 0 Å². The van der Waals surface area contributed by atoms with Gasteiger partial charge in [-0.3, -0.25) is 0 Å². The number of aromatic nitrogens is 3. The van der Waals surface area contributed by atoms with Crippen LogP contribution in [0.4, 0.5) is 17.6 Å². The number of ether oxygens (including phenoxy) is 1. The van der Waals surface area contributed by atoms with E-state index in [1.165, 1.54) is 24.3 Å². The smallest absolute Gasteiger partial charge is 0.417 e. The van der Waals surface area contributed by atoms with Gasteiger partial charge in [0, 0.05) is 22.8 Å². The van der Waals surface area contributed by atoms with Crippen molar-refractivity contribution in [2.45, 2.75) is 18.8 Å². The van der Waals surface area contributed by atoms with Crippen molar-refractivity contribution in [3.8, 4) is 11.6 Å². The molecule has 2 aromatic heterocycles. The SMILES string of the molecule is OC(Cn1cncc1F)c1cnc(Oc2ccc(Cl)cc2)cc1C(F)(F)F. The molecule has 142 valence electrons. The Bertz CT molecular complexity index is 929. The fraction of sp³-hybridized carbons (Fsp3) is 0.176. The number of halogens is 5. The number of imidazole rings is 1. The van der Waals surface area contributed by atoms with Crippen LogP contribution in [0.5, 0.6) is 11.6 Å². The van der Waals surface area contributed by atoms with E-state index in [1.54, 1.807) is 0 Å². The molecular formula is C17H12ClF4N3O2. The van der Waals surface area contributed by atoms with Crippen LogP contribution in [0.15, 0.2) is 49.1 Å². The maximum atomic E-state index is 13.4. The molecule has 0 radical (unpaired) electrons. The average Bonchev–Trinajstić information content (AvgIpc) is 3.01. The lowest BCUT2D eigenvalue weighted by Gasteiger charge is -2.18. The lowest BCUT2D eigenvalue weighted by atomic mass is 10.0. The molecule has 0 saturated heterocycles. The second-order valence-corrected chi connectivity index (χ2v) is 5.98. The summed E-state index contributed by atoms with van der Waals surface area (Å²) < 4.78 is 59.9. The molecule has 0 aliphatic carbocycles. The average molecular weight is 402 g/mol. The van der Waals surface area contributed by atoms with Gasteiger partial charge in [0.05, 0.1) is 30.7 Å². The van der Waals surface area contributed by atoms with E-state index < -0.39 is 35.9 Å². The number of rotatable bonds is 5. The first kappa shape index (κ1) is 19.1. The van der Waals surface area contributed by atoms with Gasteiger partial charge in [0.1, 0.15) is 5.75 Å².